The van der Waals surface area contributed by atoms with Crippen LogP contribution in [-0.4, -0.2) is 9.38 Å². The molecular weight excluding hydrogens is 378 g/mol. The number of aryl methyl sites for hydroxylation is 2. The average molecular weight is 395 g/mol. The van der Waals surface area contributed by atoms with E-state index in [1.54, 1.807) is 0 Å². The topological polar surface area (TPSA) is 41.1 Å². The zero-order valence-corrected chi connectivity index (χ0v) is 17.2. The van der Waals surface area contributed by atoms with Crippen molar-refractivity contribution in [2.75, 3.05) is 0 Å². The maximum absolute atomic E-state index is 9.57. The molecule has 3 heteroatoms. The highest BCUT2D eigenvalue weighted by molar-refractivity contribution is 6.28. The van der Waals surface area contributed by atoms with Gasteiger partial charge in [0.05, 0.1) is 33.7 Å². The highest BCUT2D eigenvalue weighted by atomic mass is 14.9. The summed E-state index contributed by atoms with van der Waals surface area (Å²) in [5.74, 6) is 0. The molecule has 0 atom stereocenters. The van der Waals surface area contributed by atoms with Gasteiger partial charge in [0.1, 0.15) is 0 Å². The van der Waals surface area contributed by atoms with Crippen LogP contribution in [0.25, 0.3) is 59.8 Å². The summed E-state index contributed by atoms with van der Waals surface area (Å²) in [4.78, 5) is 4.87. The van der Waals surface area contributed by atoms with Crippen LogP contribution in [0.5, 0.6) is 0 Å². The Kier molecular flexibility index (Phi) is 2.95. The number of hydrogen-bond donors (Lipinski definition) is 0. The molecule has 0 radical (unpaired) electrons. The summed E-state index contributed by atoms with van der Waals surface area (Å²) in [6.45, 7) is 4.35. The summed E-state index contributed by atoms with van der Waals surface area (Å²) >= 11 is 0. The standard InChI is InChI=1S/C28H17N3/c1-15-3-5-19-13-23-26-25-18(9-10-30-26)6-8-21-20-7-4-17(14-29)12-24(20)31(28(21)25)27(23)16(2)22(19)11-15/h3-13H,1-2H3. The second-order valence-corrected chi connectivity index (χ2v) is 8.52. The molecule has 0 aliphatic carbocycles. The number of hydrogen-bond acceptors (Lipinski definition) is 2. The van der Waals surface area contributed by atoms with Crippen molar-refractivity contribution < 1.29 is 0 Å². The first-order valence-electron chi connectivity index (χ1n) is 10.5. The maximum Gasteiger partial charge on any atom is 0.0992 e. The minimum Gasteiger partial charge on any atom is -0.308 e. The summed E-state index contributed by atoms with van der Waals surface area (Å²) in [6.07, 6.45) is 1.91. The zero-order valence-electron chi connectivity index (χ0n) is 17.2. The van der Waals surface area contributed by atoms with E-state index < -0.39 is 0 Å². The van der Waals surface area contributed by atoms with E-state index in [4.69, 9.17) is 4.98 Å². The quantitative estimate of drug-likeness (QED) is 0.204. The second-order valence-electron chi connectivity index (χ2n) is 8.52. The minimum atomic E-state index is 0.677. The van der Waals surface area contributed by atoms with Crippen molar-refractivity contribution in [3.05, 3.63) is 83.6 Å². The van der Waals surface area contributed by atoms with Crippen LogP contribution in [0.2, 0.25) is 0 Å². The summed E-state index contributed by atoms with van der Waals surface area (Å²) in [5, 5.41) is 18.0. The molecule has 7 rings (SSSR count). The Morgan fingerprint density at radius 2 is 1.61 bits per heavy atom. The van der Waals surface area contributed by atoms with E-state index in [0.717, 1.165) is 16.4 Å². The van der Waals surface area contributed by atoms with Gasteiger partial charge in [-0.05, 0) is 59.8 Å². The normalized spacial score (nSPS) is 12.2. The smallest absolute Gasteiger partial charge is 0.0992 e. The third kappa shape index (κ3) is 1.95. The largest absolute Gasteiger partial charge is 0.308 e. The van der Waals surface area contributed by atoms with Crippen LogP contribution >= 0.6 is 0 Å². The molecule has 0 saturated heterocycles. The average Bonchev–Trinajstić information content (AvgIpc) is 3.13. The molecule has 31 heavy (non-hydrogen) atoms. The Labute approximate surface area is 178 Å². The van der Waals surface area contributed by atoms with Gasteiger partial charge in [-0.25, -0.2) is 0 Å². The molecule has 0 aliphatic heterocycles. The molecule has 0 unspecified atom stereocenters. The summed E-state index contributed by atoms with van der Waals surface area (Å²) in [5.41, 5.74) is 7.65. The monoisotopic (exact) mass is 395 g/mol. The molecule has 144 valence electrons. The molecule has 4 aromatic carbocycles. The lowest BCUT2D eigenvalue weighted by Gasteiger charge is -2.16. The number of aromatic nitrogens is 2. The van der Waals surface area contributed by atoms with E-state index in [0.29, 0.717) is 5.56 Å². The fourth-order valence-corrected chi connectivity index (χ4v) is 5.41. The van der Waals surface area contributed by atoms with Gasteiger partial charge in [0.25, 0.3) is 0 Å². The van der Waals surface area contributed by atoms with Crippen molar-refractivity contribution in [3.8, 4) is 6.07 Å². The molecule has 3 heterocycles. The third-order valence-corrected chi connectivity index (χ3v) is 6.79. The van der Waals surface area contributed by atoms with Crippen LogP contribution in [0.3, 0.4) is 0 Å². The van der Waals surface area contributed by atoms with Crippen molar-refractivity contribution in [3.63, 3.8) is 0 Å². The first-order chi connectivity index (χ1) is 15.2. The van der Waals surface area contributed by atoms with Gasteiger partial charge in [-0.15, -0.1) is 0 Å². The predicted octanol–water partition coefficient (Wildman–Crippen LogP) is 7.03. The van der Waals surface area contributed by atoms with Crippen LogP contribution in [0.4, 0.5) is 0 Å². The zero-order chi connectivity index (χ0) is 20.9. The Bertz CT molecular complexity index is 1920. The van der Waals surface area contributed by atoms with Crippen LogP contribution in [-0.2, 0) is 0 Å². The molecule has 0 fully saturated rings. The van der Waals surface area contributed by atoms with E-state index in [1.165, 1.54) is 54.5 Å². The van der Waals surface area contributed by atoms with E-state index in [2.05, 4.69) is 72.8 Å². The van der Waals surface area contributed by atoms with Gasteiger partial charge in [-0.1, -0.05) is 42.0 Å². The van der Waals surface area contributed by atoms with E-state index in [1.807, 2.05) is 18.3 Å². The number of fused-ring (bicyclic) bond motifs is 7. The van der Waals surface area contributed by atoms with Crippen molar-refractivity contribution in [2.24, 2.45) is 0 Å². The third-order valence-electron chi connectivity index (χ3n) is 6.79. The Balaban J connectivity index is 1.93. The van der Waals surface area contributed by atoms with E-state index >= 15 is 0 Å². The van der Waals surface area contributed by atoms with E-state index in [9.17, 15) is 5.26 Å². The summed E-state index contributed by atoms with van der Waals surface area (Å²) in [6, 6.07) is 23.7. The van der Waals surface area contributed by atoms with Gasteiger partial charge in [0.15, 0.2) is 0 Å². The molecule has 0 aliphatic rings. The van der Waals surface area contributed by atoms with Crippen molar-refractivity contribution in [1.82, 2.24) is 9.38 Å². The lowest BCUT2D eigenvalue weighted by molar-refractivity contribution is 1.31. The Hall–Kier alpha value is -4.16. The lowest BCUT2D eigenvalue weighted by atomic mass is 9.96. The molecule has 0 spiro atoms. The van der Waals surface area contributed by atoms with Crippen LogP contribution in [0, 0.1) is 25.2 Å². The van der Waals surface area contributed by atoms with Gasteiger partial charge < -0.3 is 4.40 Å². The van der Waals surface area contributed by atoms with Crippen molar-refractivity contribution in [1.29, 1.82) is 5.26 Å². The van der Waals surface area contributed by atoms with Crippen LogP contribution in [0.15, 0.2) is 66.9 Å². The second kappa shape index (κ2) is 5.50. The maximum atomic E-state index is 9.57. The molecule has 0 N–H and O–H groups in total. The van der Waals surface area contributed by atoms with Crippen LogP contribution < -0.4 is 0 Å². The molecule has 7 aromatic rings. The molecule has 3 aromatic heterocycles. The first kappa shape index (κ1) is 16.6. The highest BCUT2D eigenvalue weighted by Crippen LogP contribution is 2.42. The van der Waals surface area contributed by atoms with Gasteiger partial charge >= 0.3 is 0 Å². The number of rotatable bonds is 0. The number of pyridine rings is 2. The lowest BCUT2D eigenvalue weighted by Crippen LogP contribution is -1.97. The summed E-state index contributed by atoms with van der Waals surface area (Å²) in [7, 11) is 0. The Morgan fingerprint density at radius 3 is 2.48 bits per heavy atom. The number of nitriles is 1. The summed E-state index contributed by atoms with van der Waals surface area (Å²) < 4.78 is 2.37. The van der Waals surface area contributed by atoms with E-state index in [-0.39, 0.29) is 0 Å². The molecule has 0 bridgehead atoms. The highest BCUT2D eigenvalue weighted by Gasteiger charge is 2.20. The molecular formula is C28H17N3. The van der Waals surface area contributed by atoms with Gasteiger partial charge in [0, 0.05) is 27.7 Å². The SMILES string of the molecule is Cc1ccc2cc3c4nccc5ccc6c7ccc(C#N)cc7n(c3c(C)c2c1)c6c54. The molecule has 0 amide bonds. The predicted molar refractivity (Wildman–Crippen MR) is 128 cm³/mol. The van der Waals surface area contributed by atoms with Crippen molar-refractivity contribution >= 4 is 59.8 Å². The van der Waals surface area contributed by atoms with Gasteiger partial charge in [-0.2, -0.15) is 5.26 Å². The first-order valence-corrected chi connectivity index (χ1v) is 10.5. The van der Waals surface area contributed by atoms with Crippen molar-refractivity contribution in [2.45, 2.75) is 13.8 Å². The molecule has 3 nitrogen and oxygen atoms in total. The minimum absolute atomic E-state index is 0.677. The number of nitrogens with zero attached hydrogens (tertiary/aromatic N) is 3. The fourth-order valence-electron chi connectivity index (χ4n) is 5.41. The molecule has 0 saturated carbocycles. The van der Waals surface area contributed by atoms with Crippen LogP contribution in [0.1, 0.15) is 16.7 Å². The van der Waals surface area contributed by atoms with Gasteiger partial charge in [0.2, 0.25) is 0 Å². The fraction of sp³-hybridized carbons (Fsp3) is 0.0714. The Morgan fingerprint density at radius 1 is 0.774 bits per heavy atom. The van der Waals surface area contributed by atoms with Gasteiger partial charge in [-0.3, -0.25) is 4.98 Å². The number of benzene rings is 4.